The standard InChI is InChI=1S/C10H21NOS/c1-9(12)8-11-6-3-4-10(13-2)5-7-11/h9-10,12H,3-8H2,1-2H3. The van der Waals surface area contributed by atoms with Crippen molar-refractivity contribution in [3.8, 4) is 0 Å². The fraction of sp³-hybridized carbons (Fsp3) is 1.00. The Bertz CT molecular complexity index is 141. The van der Waals surface area contributed by atoms with Gasteiger partial charge in [-0.15, -0.1) is 0 Å². The fourth-order valence-electron chi connectivity index (χ4n) is 1.92. The first-order chi connectivity index (χ1) is 6.22. The van der Waals surface area contributed by atoms with Crippen LogP contribution in [0.15, 0.2) is 0 Å². The minimum Gasteiger partial charge on any atom is -0.392 e. The number of β-amino-alcohol motifs (C(OH)–C–C–N with tert-alkyl or cyclic N) is 1. The van der Waals surface area contributed by atoms with Gasteiger partial charge in [0.25, 0.3) is 0 Å². The van der Waals surface area contributed by atoms with Crippen LogP contribution in [0.4, 0.5) is 0 Å². The summed E-state index contributed by atoms with van der Waals surface area (Å²) in [6.45, 7) is 5.05. The highest BCUT2D eigenvalue weighted by Gasteiger charge is 2.16. The fourth-order valence-corrected chi connectivity index (χ4v) is 2.66. The molecule has 1 saturated heterocycles. The number of aliphatic hydroxyl groups excluding tert-OH is 1. The number of thioether (sulfide) groups is 1. The van der Waals surface area contributed by atoms with E-state index >= 15 is 0 Å². The SMILES string of the molecule is CSC1CCCN(CC(C)O)CC1. The van der Waals surface area contributed by atoms with E-state index in [0.717, 1.165) is 18.3 Å². The molecule has 0 aromatic carbocycles. The molecule has 0 bridgehead atoms. The second kappa shape index (κ2) is 5.89. The Hall–Kier alpha value is 0.270. The van der Waals surface area contributed by atoms with Crippen molar-refractivity contribution < 1.29 is 5.11 Å². The van der Waals surface area contributed by atoms with Gasteiger partial charge >= 0.3 is 0 Å². The lowest BCUT2D eigenvalue weighted by atomic mass is 10.2. The van der Waals surface area contributed by atoms with Gasteiger partial charge < -0.3 is 10.0 Å². The predicted octanol–water partition coefficient (Wildman–Crippen LogP) is 1.58. The van der Waals surface area contributed by atoms with Gasteiger partial charge in [0, 0.05) is 11.8 Å². The normalized spacial score (nSPS) is 28.4. The molecule has 0 aliphatic carbocycles. The Morgan fingerprint density at radius 1 is 1.46 bits per heavy atom. The van der Waals surface area contributed by atoms with E-state index in [2.05, 4.69) is 11.2 Å². The summed E-state index contributed by atoms with van der Waals surface area (Å²) in [4.78, 5) is 2.39. The van der Waals surface area contributed by atoms with Crippen LogP contribution in [0.1, 0.15) is 26.2 Å². The van der Waals surface area contributed by atoms with Crippen molar-refractivity contribution in [2.75, 3.05) is 25.9 Å². The van der Waals surface area contributed by atoms with E-state index in [0.29, 0.717) is 0 Å². The van der Waals surface area contributed by atoms with Crippen molar-refractivity contribution in [3.05, 3.63) is 0 Å². The minimum atomic E-state index is -0.175. The van der Waals surface area contributed by atoms with Crippen LogP contribution < -0.4 is 0 Å². The molecular weight excluding hydrogens is 182 g/mol. The molecule has 0 saturated carbocycles. The van der Waals surface area contributed by atoms with Gasteiger partial charge in [-0.3, -0.25) is 0 Å². The van der Waals surface area contributed by atoms with Crippen molar-refractivity contribution in [2.24, 2.45) is 0 Å². The maximum Gasteiger partial charge on any atom is 0.0639 e. The quantitative estimate of drug-likeness (QED) is 0.753. The molecule has 0 aromatic rings. The maximum absolute atomic E-state index is 9.27. The van der Waals surface area contributed by atoms with Crippen molar-refractivity contribution in [3.63, 3.8) is 0 Å². The van der Waals surface area contributed by atoms with Crippen molar-refractivity contribution >= 4 is 11.8 Å². The van der Waals surface area contributed by atoms with Gasteiger partial charge in [0.05, 0.1) is 6.10 Å². The molecule has 0 spiro atoms. The van der Waals surface area contributed by atoms with Crippen LogP contribution in [0.2, 0.25) is 0 Å². The summed E-state index contributed by atoms with van der Waals surface area (Å²) in [5, 5.41) is 10.1. The van der Waals surface area contributed by atoms with E-state index in [9.17, 15) is 5.11 Å². The molecule has 1 fully saturated rings. The Balaban J connectivity index is 2.27. The van der Waals surface area contributed by atoms with E-state index in [1.165, 1.54) is 25.8 Å². The molecule has 2 unspecified atom stereocenters. The second-order valence-electron chi connectivity index (χ2n) is 3.94. The number of hydrogen-bond acceptors (Lipinski definition) is 3. The number of nitrogens with zero attached hydrogens (tertiary/aromatic N) is 1. The second-order valence-corrected chi connectivity index (χ2v) is 5.08. The topological polar surface area (TPSA) is 23.5 Å². The monoisotopic (exact) mass is 203 g/mol. The van der Waals surface area contributed by atoms with E-state index in [4.69, 9.17) is 0 Å². The number of likely N-dealkylation sites (tertiary alicyclic amines) is 1. The first-order valence-corrected chi connectivity index (χ1v) is 6.44. The smallest absolute Gasteiger partial charge is 0.0639 e. The van der Waals surface area contributed by atoms with E-state index in [-0.39, 0.29) is 6.10 Å². The Morgan fingerprint density at radius 3 is 2.85 bits per heavy atom. The van der Waals surface area contributed by atoms with Gasteiger partial charge in [-0.05, 0) is 45.5 Å². The molecule has 78 valence electrons. The van der Waals surface area contributed by atoms with Crippen LogP contribution in [0, 0.1) is 0 Å². The zero-order valence-corrected chi connectivity index (χ0v) is 9.52. The number of aliphatic hydroxyl groups is 1. The molecule has 13 heavy (non-hydrogen) atoms. The van der Waals surface area contributed by atoms with Crippen LogP contribution >= 0.6 is 11.8 Å². The van der Waals surface area contributed by atoms with Gasteiger partial charge in [0.1, 0.15) is 0 Å². The van der Waals surface area contributed by atoms with Gasteiger partial charge in [0.15, 0.2) is 0 Å². The van der Waals surface area contributed by atoms with Gasteiger partial charge in [-0.25, -0.2) is 0 Å². The summed E-state index contributed by atoms with van der Waals surface area (Å²) < 4.78 is 0. The Morgan fingerprint density at radius 2 is 2.23 bits per heavy atom. The zero-order valence-electron chi connectivity index (χ0n) is 8.70. The molecule has 3 heteroatoms. The summed E-state index contributed by atoms with van der Waals surface area (Å²) in [7, 11) is 0. The molecule has 0 radical (unpaired) electrons. The Labute approximate surface area is 85.7 Å². The lowest BCUT2D eigenvalue weighted by Crippen LogP contribution is -2.32. The lowest BCUT2D eigenvalue weighted by molar-refractivity contribution is 0.129. The minimum absolute atomic E-state index is 0.175. The molecule has 2 atom stereocenters. The maximum atomic E-state index is 9.27. The summed E-state index contributed by atoms with van der Waals surface area (Å²) in [5.74, 6) is 0. The largest absolute Gasteiger partial charge is 0.392 e. The molecule has 1 rings (SSSR count). The van der Waals surface area contributed by atoms with E-state index < -0.39 is 0 Å². The van der Waals surface area contributed by atoms with E-state index in [1.807, 2.05) is 18.7 Å². The molecular formula is C10H21NOS. The van der Waals surface area contributed by atoms with Crippen molar-refractivity contribution in [1.29, 1.82) is 0 Å². The Kier molecular flexibility index (Phi) is 5.14. The highest BCUT2D eigenvalue weighted by Crippen LogP contribution is 2.20. The lowest BCUT2D eigenvalue weighted by Gasteiger charge is -2.21. The first-order valence-electron chi connectivity index (χ1n) is 5.15. The highest BCUT2D eigenvalue weighted by molar-refractivity contribution is 7.99. The molecule has 0 amide bonds. The summed E-state index contributed by atoms with van der Waals surface area (Å²) in [5.41, 5.74) is 0. The third-order valence-corrected chi connectivity index (χ3v) is 3.76. The third kappa shape index (κ3) is 4.34. The molecule has 1 N–H and O–H groups in total. The predicted molar refractivity (Wildman–Crippen MR) is 59.3 cm³/mol. The van der Waals surface area contributed by atoms with Crippen LogP contribution in [0.5, 0.6) is 0 Å². The first kappa shape index (κ1) is 11.3. The number of hydrogen-bond donors (Lipinski definition) is 1. The molecule has 2 nitrogen and oxygen atoms in total. The molecule has 1 heterocycles. The zero-order chi connectivity index (χ0) is 9.68. The number of rotatable bonds is 3. The summed E-state index contributed by atoms with van der Waals surface area (Å²) >= 11 is 1.99. The van der Waals surface area contributed by atoms with Gasteiger partial charge in [-0.2, -0.15) is 11.8 Å². The van der Waals surface area contributed by atoms with Crippen molar-refractivity contribution in [1.82, 2.24) is 4.90 Å². The molecule has 1 aliphatic rings. The van der Waals surface area contributed by atoms with Crippen LogP contribution in [0.25, 0.3) is 0 Å². The van der Waals surface area contributed by atoms with E-state index in [1.54, 1.807) is 0 Å². The molecule has 1 aliphatic heterocycles. The average molecular weight is 203 g/mol. The van der Waals surface area contributed by atoms with Crippen LogP contribution in [0.3, 0.4) is 0 Å². The molecule has 0 aromatic heterocycles. The highest BCUT2D eigenvalue weighted by atomic mass is 32.2. The van der Waals surface area contributed by atoms with Crippen LogP contribution in [-0.4, -0.2) is 47.3 Å². The average Bonchev–Trinajstić information content (AvgIpc) is 2.29. The summed E-state index contributed by atoms with van der Waals surface area (Å²) in [6.07, 6.45) is 5.95. The van der Waals surface area contributed by atoms with Crippen molar-refractivity contribution in [2.45, 2.75) is 37.5 Å². The van der Waals surface area contributed by atoms with Crippen LogP contribution in [-0.2, 0) is 0 Å². The van der Waals surface area contributed by atoms with Gasteiger partial charge in [-0.1, -0.05) is 0 Å². The van der Waals surface area contributed by atoms with Gasteiger partial charge in [0.2, 0.25) is 0 Å². The third-order valence-electron chi connectivity index (χ3n) is 2.62. The summed E-state index contributed by atoms with van der Waals surface area (Å²) in [6, 6.07) is 0.